The maximum atomic E-state index is 11.7. The van der Waals surface area contributed by atoms with Crippen molar-refractivity contribution < 1.29 is 9.59 Å². The van der Waals surface area contributed by atoms with Crippen LogP contribution in [-0.2, 0) is 9.59 Å². The lowest BCUT2D eigenvalue weighted by Crippen LogP contribution is -2.30. The van der Waals surface area contributed by atoms with Gasteiger partial charge in [0.2, 0.25) is 5.13 Å². The molecule has 0 atom stereocenters. The van der Waals surface area contributed by atoms with Crippen LogP contribution in [0.25, 0.3) is 0 Å². The fourth-order valence-corrected chi connectivity index (χ4v) is 2.66. The molecule has 0 saturated heterocycles. The summed E-state index contributed by atoms with van der Waals surface area (Å²) in [5.41, 5.74) is 1.88. The Kier molecular flexibility index (Phi) is 3.73. The molecule has 0 fully saturated rings. The molecule has 1 aliphatic heterocycles. The highest BCUT2D eigenvalue weighted by atomic mass is 32.1. The van der Waals surface area contributed by atoms with Crippen molar-refractivity contribution in [3.63, 3.8) is 0 Å². The number of nitrogens with zero attached hydrogens (tertiary/aromatic N) is 4. The highest BCUT2D eigenvalue weighted by molar-refractivity contribution is 7.73. The third kappa shape index (κ3) is 2.76. The Morgan fingerprint density at radius 3 is 2.55 bits per heavy atom. The Hall–Kier alpha value is -2.52. The molecule has 0 aliphatic carbocycles. The average molecular weight is 331 g/mol. The van der Waals surface area contributed by atoms with E-state index >= 15 is 0 Å². The molecule has 7 nitrogen and oxygen atoms in total. The fourth-order valence-electron chi connectivity index (χ4n) is 1.96. The van der Waals surface area contributed by atoms with Gasteiger partial charge in [-0.2, -0.15) is 0 Å². The van der Waals surface area contributed by atoms with E-state index in [1.165, 1.54) is 23.5 Å². The van der Waals surface area contributed by atoms with E-state index < -0.39 is 0 Å². The normalized spacial score (nSPS) is 14.5. The van der Waals surface area contributed by atoms with Gasteiger partial charge in [0.1, 0.15) is 0 Å². The minimum Gasteiger partial charge on any atom is -0.269 e. The first-order chi connectivity index (χ1) is 10.5. The molecular formula is C13H9N5O2S2. The van der Waals surface area contributed by atoms with Crippen LogP contribution in [0.5, 0.6) is 0 Å². The minimum absolute atomic E-state index is 0.348. The van der Waals surface area contributed by atoms with E-state index in [-0.39, 0.29) is 11.8 Å². The maximum Gasteiger partial charge on any atom is 0.258 e. The second-order valence-electron chi connectivity index (χ2n) is 4.41. The Balaban J connectivity index is 1.86. The lowest BCUT2D eigenvalue weighted by Gasteiger charge is -2.16. The van der Waals surface area contributed by atoms with Gasteiger partial charge in [0.15, 0.2) is 3.95 Å². The minimum atomic E-state index is -0.348. The van der Waals surface area contributed by atoms with E-state index in [1.54, 1.807) is 25.1 Å². The molecule has 2 heterocycles. The van der Waals surface area contributed by atoms with Gasteiger partial charge in [-0.3, -0.25) is 14.7 Å². The van der Waals surface area contributed by atoms with E-state index in [9.17, 15) is 9.59 Å². The van der Waals surface area contributed by atoms with Crippen LogP contribution < -0.4 is 4.90 Å². The number of benzene rings is 1. The van der Waals surface area contributed by atoms with Crippen molar-refractivity contribution in [3.8, 4) is 0 Å². The van der Waals surface area contributed by atoms with Crippen LogP contribution >= 0.6 is 23.6 Å². The summed E-state index contributed by atoms with van der Waals surface area (Å²) in [4.78, 5) is 24.5. The van der Waals surface area contributed by atoms with E-state index in [2.05, 4.69) is 20.4 Å². The van der Waals surface area contributed by atoms with Crippen molar-refractivity contribution in [1.29, 1.82) is 0 Å². The van der Waals surface area contributed by atoms with E-state index in [4.69, 9.17) is 12.2 Å². The van der Waals surface area contributed by atoms with Gasteiger partial charge in [-0.25, -0.2) is 4.90 Å². The number of aromatic nitrogens is 2. The topological polar surface area (TPSA) is 90.8 Å². The molecule has 1 aromatic carbocycles. The second-order valence-corrected chi connectivity index (χ2v) is 6.06. The van der Waals surface area contributed by atoms with Gasteiger partial charge in [0.05, 0.1) is 11.4 Å². The van der Waals surface area contributed by atoms with Crippen molar-refractivity contribution in [2.75, 3.05) is 4.90 Å². The van der Waals surface area contributed by atoms with E-state index in [0.717, 1.165) is 10.5 Å². The quantitative estimate of drug-likeness (QED) is 0.530. The number of hydrogen-bond acceptors (Lipinski definition) is 7. The number of aromatic amines is 1. The van der Waals surface area contributed by atoms with Crippen molar-refractivity contribution in [2.24, 2.45) is 10.2 Å². The average Bonchev–Trinajstić information content (AvgIpc) is 3.04. The predicted molar refractivity (Wildman–Crippen MR) is 84.3 cm³/mol. The fraction of sp³-hybridized carbons (Fsp3) is 0.0769. The molecule has 3 rings (SSSR count). The van der Waals surface area contributed by atoms with Gasteiger partial charge in [-0.1, -0.05) is 11.3 Å². The van der Waals surface area contributed by atoms with Crippen molar-refractivity contribution >= 4 is 51.9 Å². The summed E-state index contributed by atoms with van der Waals surface area (Å²) < 4.78 is 0.527. The molecule has 0 saturated carbocycles. The Morgan fingerprint density at radius 2 is 1.95 bits per heavy atom. The lowest BCUT2D eigenvalue weighted by atomic mass is 10.1. The molecule has 0 radical (unpaired) electrons. The van der Waals surface area contributed by atoms with Crippen molar-refractivity contribution in [1.82, 2.24) is 10.2 Å². The first kappa shape index (κ1) is 14.4. The molecule has 0 unspecified atom stereocenters. The monoisotopic (exact) mass is 331 g/mol. The predicted octanol–water partition coefficient (Wildman–Crippen LogP) is 3.35. The molecule has 1 aromatic heterocycles. The summed E-state index contributed by atoms with van der Waals surface area (Å²) in [7, 11) is 0. The van der Waals surface area contributed by atoms with Gasteiger partial charge in [-0.15, -0.1) is 15.3 Å². The van der Waals surface area contributed by atoms with Gasteiger partial charge >= 0.3 is 0 Å². The van der Waals surface area contributed by atoms with Crippen LogP contribution in [-0.4, -0.2) is 22.0 Å². The second kappa shape index (κ2) is 5.70. The molecule has 9 heteroatoms. The number of imide groups is 1. The smallest absolute Gasteiger partial charge is 0.258 e. The Labute approximate surface area is 134 Å². The van der Waals surface area contributed by atoms with Crippen LogP contribution in [0.3, 0.4) is 0 Å². The van der Waals surface area contributed by atoms with Crippen LogP contribution in [0.2, 0.25) is 0 Å². The number of nitrogens with one attached hydrogen (secondary N) is 1. The van der Waals surface area contributed by atoms with Crippen LogP contribution in [0.15, 0.2) is 40.6 Å². The number of carbonyl (C=O) groups is 2. The first-order valence-electron chi connectivity index (χ1n) is 6.18. The zero-order chi connectivity index (χ0) is 15.7. The standard InChI is InChI=1S/C13H9N5O2S2/c1-7-6-8(14-15-12-16-17-13(21)22-12)2-3-9(7)18-10(19)4-5-11(18)20/h2-6H,1H3,(H,17,21). The number of rotatable bonds is 3. The number of azo groups is 1. The first-order valence-corrected chi connectivity index (χ1v) is 7.41. The molecule has 1 aliphatic rings. The van der Waals surface area contributed by atoms with Gasteiger partial charge in [0.25, 0.3) is 11.8 Å². The van der Waals surface area contributed by atoms with Crippen LogP contribution in [0, 0.1) is 10.9 Å². The molecule has 2 aromatic rings. The molecule has 0 bridgehead atoms. The number of aryl methyl sites for hydroxylation is 1. The molecular weight excluding hydrogens is 322 g/mol. The van der Waals surface area contributed by atoms with Crippen LogP contribution in [0.1, 0.15) is 5.56 Å². The molecule has 2 amide bonds. The number of anilines is 1. The van der Waals surface area contributed by atoms with Gasteiger partial charge in [0, 0.05) is 12.2 Å². The summed E-state index contributed by atoms with van der Waals surface area (Å²) in [6.07, 6.45) is 2.50. The lowest BCUT2D eigenvalue weighted by molar-refractivity contribution is -0.119. The van der Waals surface area contributed by atoms with E-state index in [0.29, 0.717) is 20.5 Å². The highest BCUT2D eigenvalue weighted by Crippen LogP contribution is 2.28. The Morgan fingerprint density at radius 1 is 1.23 bits per heavy atom. The number of carbonyl (C=O) groups excluding carboxylic acids is 2. The van der Waals surface area contributed by atoms with Crippen LogP contribution in [0.4, 0.5) is 16.5 Å². The SMILES string of the molecule is Cc1cc(N=Nc2n[nH]c(=S)s2)ccc1N1C(=O)C=CC1=O. The number of H-pyrrole nitrogens is 1. The maximum absolute atomic E-state index is 11.7. The summed E-state index contributed by atoms with van der Waals surface area (Å²) in [6.45, 7) is 1.80. The summed E-state index contributed by atoms with van der Waals surface area (Å²) in [5.74, 6) is -0.697. The van der Waals surface area contributed by atoms with E-state index in [1.807, 2.05) is 0 Å². The van der Waals surface area contributed by atoms with Gasteiger partial charge < -0.3 is 0 Å². The largest absolute Gasteiger partial charge is 0.269 e. The van der Waals surface area contributed by atoms with Crippen molar-refractivity contribution in [2.45, 2.75) is 6.92 Å². The molecule has 1 N–H and O–H groups in total. The highest BCUT2D eigenvalue weighted by Gasteiger charge is 2.26. The third-order valence-corrected chi connectivity index (χ3v) is 3.88. The summed E-state index contributed by atoms with van der Waals surface area (Å²) in [5, 5.41) is 15.0. The summed E-state index contributed by atoms with van der Waals surface area (Å²) in [6, 6.07) is 5.08. The molecule has 110 valence electrons. The zero-order valence-corrected chi connectivity index (χ0v) is 12.9. The number of amides is 2. The summed E-state index contributed by atoms with van der Waals surface area (Å²) >= 11 is 6.13. The third-order valence-electron chi connectivity index (χ3n) is 2.91. The molecule has 22 heavy (non-hydrogen) atoms. The van der Waals surface area contributed by atoms with Gasteiger partial charge in [-0.05, 0) is 42.9 Å². The Bertz CT molecular complexity index is 863. The number of hydrogen-bond donors (Lipinski definition) is 1. The zero-order valence-electron chi connectivity index (χ0n) is 11.3. The van der Waals surface area contributed by atoms with Crippen molar-refractivity contribution in [3.05, 3.63) is 39.9 Å². The molecule has 0 spiro atoms.